The number of ether oxygens (including phenoxy) is 4. The Balaban J connectivity index is 1.14. The third-order valence-corrected chi connectivity index (χ3v) is 5.55. The third kappa shape index (κ3) is 6.51. The predicted octanol–water partition coefficient (Wildman–Crippen LogP) is 10.2. The molecule has 0 aliphatic carbocycles. The van der Waals surface area contributed by atoms with Gasteiger partial charge in [-0.15, -0.1) is 0 Å². The van der Waals surface area contributed by atoms with Crippen molar-refractivity contribution in [3.63, 3.8) is 0 Å². The molecule has 5 aromatic carbocycles. The standard InChI is InChI=1S/C30H20Cl2O4/c31-21-1-5-23(6-2-21)33-25-9-13-27(14-10-25)35-29-17-19-30(20-18-29)36-28-15-11-26(12-16-28)34-24-7-3-22(32)4-8-24/h1-20H. The molecule has 0 atom stereocenters. The van der Waals surface area contributed by atoms with Crippen molar-refractivity contribution in [3.8, 4) is 46.0 Å². The lowest BCUT2D eigenvalue weighted by molar-refractivity contribution is 0.461. The Morgan fingerprint density at radius 3 is 0.556 bits per heavy atom. The van der Waals surface area contributed by atoms with Crippen LogP contribution in [0.15, 0.2) is 121 Å². The van der Waals surface area contributed by atoms with Crippen molar-refractivity contribution in [2.45, 2.75) is 0 Å². The van der Waals surface area contributed by atoms with E-state index in [0.29, 0.717) is 56.0 Å². The summed E-state index contributed by atoms with van der Waals surface area (Å²) in [6.07, 6.45) is 0. The zero-order valence-corrected chi connectivity index (χ0v) is 20.4. The molecule has 0 unspecified atom stereocenters. The summed E-state index contributed by atoms with van der Waals surface area (Å²) >= 11 is 11.8. The molecule has 0 N–H and O–H groups in total. The van der Waals surface area contributed by atoms with E-state index in [9.17, 15) is 0 Å². The zero-order valence-electron chi connectivity index (χ0n) is 18.9. The van der Waals surface area contributed by atoms with Crippen molar-refractivity contribution in [2.24, 2.45) is 0 Å². The maximum Gasteiger partial charge on any atom is 0.127 e. The Hall–Kier alpha value is -4.12. The first kappa shape index (κ1) is 23.6. The average Bonchev–Trinajstić information content (AvgIpc) is 2.90. The van der Waals surface area contributed by atoms with Gasteiger partial charge >= 0.3 is 0 Å². The number of hydrogen-bond acceptors (Lipinski definition) is 4. The van der Waals surface area contributed by atoms with E-state index in [4.69, 9.17) is 42.1 Å². The van der Waals surface area contributed by atoms with Crippen LogP contribution in [0.3, 0.4) is 0 Å². The smallest absolute Gasteiger partial charge is 0.127 e. The van der Waals surface area contributed by atoms with Gasteiger partial charge in [0.25, 0.3) is 0 Å². The quantitative estimate of drug-likeness (QED) is 0.206. The summed E-state index contributed by atoms with van der Waals surface area (Å²) in [4.78, 5) is 0. The summed E-state index contributed by atoms with van der Waals surface area (Å²) in [6, 6.07) is 36.6. The van der Waals surface area contributed by atoms with E-state index < -0.39 is 0 Å². The Bertz CT molecular complexity index is 1290. The van der Waals surface area contributed by atoms with E-state index in [2.05, 4.69) is 0 Å². The minimum atomic E-state index is 0.667. The van der Waals surface area contributed by atoms with Gasteiger partial charge in [-0.1, -0.05) is 23.2 Å². The molecule has 0 radical (unpaired) electrons. The zero-order chi connectivity index (χ0) is 24.7. The van der Waals surface area contributed by atoms with Gasteiger partial charge in [0.2, 0.25) is 0 Å². The molecule has 178 valence electrons. The molecule has 0 heterocycles. The van der Waals surface area contributed by atoms with Crippen LogP contribution in [-0.4, -0.2) is 0 Å². The summed E-state index contributed by atoms with van der Waals surface area (Å²) in [5.74, 6) is 5.63. The topological polar surface area (TPSA) is 36.9 Å². The summed E-state index contributed by atoms with van der Waals surface area (Å²) in [5.41, 5.74) is 0. The molecule has 0 fully saturated rings. The highest BCUT2D eigenvalue weighted by atomic mass is 35.5. The summed E-state index contributed by atoms with van der Waals surface area (Å²) in [5, 5.41) is 1.33. The highest BCUT2D eigenvalue weighted by Gasteiger charge is 2.04. The molecule has 0 spiro atoms. The molecule has 0 aliphatic rings. The number of benzene rings is 5. The maximum atomic E-state index is 5.93. The summed E-state index contributed by atoms with van der Waals surface area (Å²) < 4.78 is 23.5. The Morgan fingerprint density at radius 1 is 0.250 bits per heavy atom. The molecule has 5 aromatic rings. The lowest BCUT2D eigenvalue weighted by Crippen LogP contribution is -1.88. The van der Waals surface area contributed by atoms with E-state index >= 15 is 0 Å². The van der Waals surface area contributed by atoms with Gasteiger partial charge in [0.15, 0.2) is 0 Å². The molecule has 0 saturated carbocycles. The van der Waals surface area contributed by atoms with Crippen LogP contribution >= 0.6 is 23.2 Å². The van der Waals surface area contributed by atoms with Crippen LogP contribution in [0.25, 0.3) is 0 Å². The summed E-state index contributed by atoms with van der Waals surface area (Å²) in [6.45, 7) is 0. The van der Waals surface area contributed by atoms with Gasteiger partial charge in [0.1, 0.15) is 46.0 Å². The van der Waals surface area contributed by atoms with E-state index in [-0.39, 0.29) is 0 Å². The molecule has 0 aromatic heterocycles. The largest absolute Gasteiger partial charge is 0.457 e. The molecule has 0 aliphatic heterocycles. The first-order valence-corrected chi connectivity index (χ1v) is 11.9. The lowest BCUT2D eigenvalue weighted by Gasteiger charge is -2.10. The monoisotopic (exact) mass is 514 g/mol. The lowest BCUT2D eigenvalue weighted by atomic mass is 10.3. The second-order valence-corrected chi connectivity index (χ2v) is 8.60. The minimum Gasteiger partial charge on any atom is -0.457 e. The van der Waals surface area contributed by atoms with E-state index in [1.165, 1.54) is 0 Å². The van der Waals surface area contributed by atoms with Gasteiger partial charge in [-0.25, -0.2) is 0 Å². The van der Waals surface area contributed by atoms with Crippen molar-refractivity contribution in [3.05, 3.63) is 131 Å². The van der Waals surface area contributed by atoms with Gasteiger partial charge in [0.05, 0.1) is 0 Å². The fourth-order valence-corrected chi connectivity index (χ4v) is 3.53. The van der Waals surface area contributed by atoms with Gasteiger partial charge in [-0.3, -0.25) is 0 Å². The fourth-order valence-electron chi connectivity index (χ4n) is 3.28. The van der Waals surface area contributed by atoms with Gasteiger partial charge < -0.3 is 18.9 Å². The fraction of sp³-hybridized carbons (Fsp3) is 0. The molecular formula is C30H20Cl2O4. The Morgan fingerprint density at radius 2 is 0.389 bits per heavy atom. The van der Waals surface area contributed by atoms with Crippen molar-refractivity contribution in [2.75, 3.05) is 0 Å². The first-order valence-electron chi connectivity index (χ1n) is 11.1. The molecule has 0 saturated heterocycles. The molecule has 0 amide bonds. The van der Waals surface area contributed by atoms with Gasteiger partial charge in [-0.05, 0) is 121 Å². The van der Waals surface area contributed by atoms with Crippen LogP contribution in [0, 0.1) is 0 Å². The molecule has 0 bridgehead atoms. The second-order valence-electron chi connectivity index (χ2n) is 7.73. The van der Waals surface area contributed by atoms with Crippen molar-refractivity contribution >= 4 is 23.2 Å². The van der Waals surface area contributed by atoms with E-state index in [1.54, 1.807) is 24.3 Å². The highest BCUT2D eigenvalue weighted by Crippen LogP contribution is 2.31. The SMILES string of the molecule is Clc1ccc(Oc2ccc(Oc3ccc(Oc4ccc(Oc5ccc(Cl)cc5)cc4)cc3)cc2)cc1. The molecule has 6 heteroatoms. The van der Waals surface area contributed by atoms with Gasteiger partial charge in [-0.2, -0.15) is 0 Å². The number of halogens is 2. The van der Waals surface area contributed by atoms with Crippen LogP contribution in [0.5, 0.6) is 46.0 Å². The molecule has 5 rings (SSSR count). The van der Waals surface area contributed by atoms with Crippen molar-refractivity contribution < 1.29 is 18.9 Å². The van der Waals surface area contributed by atoms with Crippen LogP contribution in [0.1, 0.15) is 0 Å². The van der Waals surface area contributed by atoms with Gasteiger partial charge in [0, 0.05) is 10.0 Å². The number of rotatable bonds is 8. The Labute approximate surface area is 219 Å². The molecular weight excluding hydrogens is 495 g/mol. The van der Waals surface area contributed by atoms with Crippen molar-refractivity contribution in [1.29, 1.82) is 0 Å². The van der Waals surface area contributed by atoms with E-state index in [0.717, 1.165) is 0 Å². The minimum absolute atomic E-state index is 0.667. The van der Waals surface area contributed by atoms with Crippen molar-refractivity contribution in [1.82, 2.24) is 0 Å². The molecule has 4 nitrogen and oxygen atoms in total. The normalized spacial score (nSPS) is 10.5. The second kappa shape index (κ2) is 11.1. The highest BCUT2D eigenvalue weighted by molar-refractivity contribution is 6.30. The van der Waals surface area contributed by atoms with Crippen LogP contribution in [-0.2, 0) is 0 Å². The Kier molecular flexibility index (Phi) is 7.27. The summed E-state index contributed by atoms with van der Waals surface area (Å²) in [7, 11) is 0. The average molecular weight is 515 g/mol. The predicted molar refractivity (Wildman–Crippen MR) is 143 cm³/mol. The van der Waals surface area contributed by atoms with Crippen LogP contribution in [0.4, 0.5) is 0 Å². The number of hydrogen-bond donors (Lipinski definition) is 0. The first-order chi connectivity index (χ1) is 17.6. The molecule has 36 heavy (non-hydrogen) atoms. The third-order valence-electron chi connectivity index (χ3n) is 5.04. The van der Waals surface area contributed by atoms with E-state index in [1.807, 2.05) is 97.1 Å². The van der Waals surface area contributed by atoms with Crippen LogP contribution < -0.4 is 18.9 Å². The van der Waals surface area contributed by atoms with Crippen LogP contribution in [0.2, 0.25) is 10.0 Å². The maximum absolute atomic E-state index is 5.93.